The van der Waals surface area contributed by atoms with Crippen LogP contribution in [-0.2, 0) is 0 Å². The summed E-state index contributed by atoms with van der Waals surface area (Å²) >= 11 is 0.633. The van der Waals surface area contributed by atoms with Crippen LogP contribution in [0.4, 0.5) is 13.9 Å². The summed E-state index contributed by atoms with van der Waals surface area (Å²) in [6.45, 7) is 1.90. The van der Waals surface area contributed by atoms with E-state index in [9.17, 15) is 13.6 Å². The Kier molecular flexibility index (Phi) is 3.34. The number of aryl methyl sites for hydroxylation is 1. The van der Waals surface area contributed by atoms with Crippen LogP contribution in [0.3, 0.4) is 0 Å². The number of anilines is 1. The Labute approximate surface area is 121 Å². The Balaban J connectivity index is 1.88. The fourth-order valence-corrected chi connectivity index (χ4v) is 2.42. The van der Waals surface area contributed by atoms with Crippen LogP contribution < -0.4 is 5.32 Å². The zero-order chi connectivity index (χ0) is 15.0. The van der Waals surface area contributed by atoms with Gasteiger partial charge in [0.05, 0.1) is 5.52 Å². The molecule has 1 aromatic carbocycles. The molecule has 2 heterocycles. The summed E-state index contributed by atoms with van der Waals surface area (Å²) in [6, 6.07) is 5.52. The number of carbonyl (C=O) groups is 1. The van der Waals surface area contributed by atoms with Crippen molar-refractivity contribution >= 4 is 33.3 Å². The van der Waals surface area contributed by atoms with Crippen molar-refractivity contribution in [3.8, 4) is 0 Å². The molecule has 0 saturated heterocycles. The third-order valence-electron chi connectivity index (χ3n) is 2.78. The largest absolute Gasteiger partial charge is 0.295 e. The van der Waals surface area contributed by atoms with Crippen LogP contribution >= 0.6 is 11.3 Å². The number of nitrogens with zero attached hydrogens (tertiary/aromatic N) is 3. The Morgan fingerprint density at radius 1 is 1.38 bits per heavy atom. The summed E-state index contributed by atoms with van der Waals surface area (Å²) in [4.78, 5) is 12.1. The maximum atomic E-state index is 12.4. The first kappa shape index (κ1) is 13.6. The molecule has 0 aliphatic rings. The number of hydrogen-bond acceptors (Lipinski definition) is 5. The van der Waals surface area contributed by atoms with Gasteiger partial charge in [0.1, 0.15) is 0 Å². The number of carbonyl (C=O) groups excluding carboxylic acids is 1. The van der Waals surface area contributed by atoms with Crippen LogP contribution in [-0.4, -0.2) is 26.3 Å². The summed E-state index contributed by atoms with van der Waals surface area (Å²) in [7, 11) is 0. The summed E-state index contributed by atoms with van der Waals surface area (Å²) < 4.78 is 24.8. The molecule has 21 heavy (non-hydrogen) atoms. The highest BCUT2D eigenvalue weighted by molar-refractivity contribution is 7.15. The quantitative estimate of drug-likeness (QED) is 0.779. The highest BCUT2D eigenvalue weighted by Gasteiger charge is 2.18. The molecular weight excluding hydrogens is 300 g/mol. The van der Waals surface area contributed by atoms with Crippen molar-refractivity contribution in [2.75, 3.05) is 5.32 Å². The first-order valence-corrected chi connectivity index (χ1v) is 6.74. The van der Waals surface area contributed by atoms with Crippen LogP contribution in [0.5, 0.6) is 0 Å². The van der Waals surface area contributed by atoms with Crippen molar-refractivity contribution < 1.29 is 13.6 Å². The lowest BCUT2D eigenvalue weighted by Crippen LogP contribution is -2.12. The van der Waals surface area contributed by atoms with Gasteiger partial charge in [-0.1, -0.05) is 23.0 Å². The van der Waals surface area contributed by atoms with E-state index in [0.717, 1.165) is 11.1 Å². The maximum absolute atomic E-state index is 12.4. The average Bonchev–Trinajstić information content (AvgIpc) is 3.04. The topological polar surface area (TPSA) is 83.6 Å². The molecule has 3 aromatic rings. The van der Waals surface area contributed by atoms with Gasteiger partial charge in [-0.2, -0.15) is 5.10 Å². The van der Waals surface area contributed by atoms with E-state index in [1.54, 1.807) is 0 Å². The fraction of sp³-hybridized carbons (Fsp3) is 0.167. The molecule has 0 saturated carbocycles. The predicted octanol–water partition coefficient (Wildman–Crippen LogP) is 2.91. The lowest BCUT2D eigenvalue weighted by molar-refractivity contribution is 0.102. The van der Waals surface area contributed by atoms with Gasteiger partial charge in [0.25, 0.3) is 12.3 Å². The number of fused-ring (bicyclic) bond motifs is 1. The second-order valence-corrected chi connectivity index (χ2v) is 5.33. The number of benzene rings is 1. The number of alkyl halides is 2. The van der Waals surface area contributed by atoms with Crippen molar-refractivity contribution in [1.82, 2.24) is 20.4 Å². The molecule has 6 nitrogen and oxygen atoms in total. The van der Waals surface area contributed by atoms with E-state index in [4.69, 9.17) is 0 Å². The number of aromatic nitrogens is 4. The van der Waals surface area contributed by atoms with Crippen LogP contribution in [0.1, 0.15) is 27.5 Å². The van der Waals surface area contributed by atoms with Gasteiger partial charge in [-0.05, 0) is 19.1 Å². The van der Waals surface area contributed by atoms with Crippen molar-refractivity contribution in [3.05, 3.63) is 34.5 Å². The SMILES string of the molecule is Cc1ccc2[nH]nc(C(=O)Nc3nnc(C(F)F)s3)c2c1. The van der Waals surface area contributed by atoms with Gasteiger partial charge in [0.15, 0.2) is 10.7 Å². The van der Waals surface area contributed by atoms with Crippen molar-refractivity contribution in [2.24, 2.45) is 0 Å². The zero-order valence-corrected chi connectivity index (χ0v) is 11.5. The lowest BCUT2D eigenvalue weighted by atomic mass is 10.1. The van der Waals surface area contributed by atoms with E-state index in [-0.39, 0.29) is 10.8 Å². The molecule has 2 aromatic heterocycles. The van der Waals surface area contributed by atoms with Gasteiger partial charge in [0, 0.05) is 5.39 Å². The molecule has 3 rings (SSSR count). The Morgan fingerprint density at radius 3 is 2.90 bits per heavy atom. The standard InChI is InChI=1S/C12H9F2N5OS/c1-5-2-3-7-6(4-5)8(17-16-7)10(20)15-12-19-18-11(21-12)9(13)14/h2-4,9H,1H3,(H,16,17)(H,15,19,20). The van der Waals surface area contributed by atoms with Gasteiger partial charge in [-0.25, -0.2) is 8.78 Å². The van der Waals surface area contributed by atoms with Gasteiger partial charge >= 0.3 is 0 Å². The molecule has 0 radical (unpaired) electrons. The average molecular weight is 309 g/mol. The molecule has 0 aliphatic carbocycles. The molecule has 2 N–H and O–H groups in total. The Morgan fingerprint density at radius 2 is 2.19 bits per heavy atom. The number of aromatic amines is 1. The van der Waals surface area contributed by atoms with E-state index in [1.165, 1.54) is 0 Å². The van der Waals surface area contributed by atoms with Crippen molar-refractivity contribution in [1.29, 1.82) is 0 Å². The van der Waals surface area contributed by atoms with Crippen LogP contribution in [0.2, 0.25) is 0 Å². The number of halogens is 2. The van der Waals surface area contributed by atoms with Crippen molar-refractivity contribution in [3.63, 3.8) is 0 Å². The first-order chi connectivity index (χ1) is 10.0. The van der Waals surface area contributed by atoms with Gasteiger partial charge in [-0.15, -0.1) is 10.2 Å². The number of H-pyrrole nitrogens is 1. The van der Waals surface area contributed by atoms with E-state index in [0.29, 0.717) is 16.7 Å². The number of rotatable bonds is 3. The third-order valence-corrected chi connectivity index (χ3v) is 3.63. The number of nitrogens with one attached hydrogen (secondary N) is 2. The molecule has 0 aliphatic heterocycles. The molecule has 0 unspecified atom stereocenters. The summed E-state index contributed by atoms with van der Waals surface area (Å²) in [5.74, 6) is -0.524. The van der Waals surface area contributed by atoms with Crippen LogP contribution in [0.25, 0.3) is 10.9 Å². The first-order valence-electron chi connectivity index (χ1n) is 5.92. The molecular formula is C12H9F2N5OS. The summed E-state index contributed by atoms with van der Waals surface area (Å²) in [5, 5.41) is 16.1. The molecule has 0 fully saturated rings. The van der Waals surface area contributed by atoms with Gasteiger partial charge < -0.3 is 0 Å². The summed E-state index contributed by atoms with van der Waals surface area (Å²) in [5.41, 5.74) is 1.88. The fourth-order valence-electron chi connectivity index (χ4n) is 1.83. The predicted molar refractivity (Wildman–Crippen MR) is 73.6 cm³/mol. The maximum Gasteiger partial charge on any atom is 0.291 e. The minimum atomic E-state index is -2.71. The van der Waals surface area contributed by atoms with E-state index >= 15 is 0 Å². The van der Waals surface area contributed by atoms with Gasteiger partial charge in [0.2, 0.25) is 5.13 Å². The van der Waals surface area contributed by atoms with Gasteiger partial charge in [-0.3, -0.25) is 15.2 Å². The van der Waals surface area contributed by atoms with E-state index in [1.807, 2.05) is 25.1 Å². The molecule has 108 valence electrons. The Hall–Kier alpha value is -2.42. The third kappa shape index (κ3) is 2.59. The Bertz CT molecular complexity index is 813. The van der Waals surface area contributed by atoms with E-state index < -0.39 is 17.3 Å². The molecule has 0 atom stereocenters. The zero-order valence-electron chi connectivity index (χ0n) is 10.7. The highest BCUT2D eigenvalue weighted by atomic mass is 32.1. The molecule has 1 amide bonds. The second kappa shape index (κ2) is 5.17. The monoisotopic (exact) mass is 309 g/mol. The highest BCUT2D eigenvalue weighted by Crippen LogP contribution is 2.26. The van der Waals surface area contributed by atoms with Crippen LogP contribution in [0.15, 0.2) is 18.2 Å². The van der Waals surface area contributed by atoms with Crippen LogP contribution in [0, 0.1) is 6.92 Å². The minimum Gasteiger partial charge on any atom is -0.295 e. The minimum absolute atomic E-state index is 0.0131. The van der Waals surface area contributed by atoms with E-state index in [2.05, 4.69) is 25.7 Å². The number of amides is 1. The smallest absolute Gasteiger partial charge is 0.291 e. The second-order valence-electron chi connectivity index (χ2n) is 4.32. The lowest BCUT2D eigenvalue weighted by Gasteiger charge is -1.98. The molecule has 0 bridgehead atoms. The summed E-state index contributed by atoms with van der Waals surface area (Å²) in [6.07, 6.45) is -2.71. The van der Waals surface area contributed by atoms with Crippen molar-refractivity contribution in [2.45, 2.75) is 13.3 Å². The molecule has 9 heteroatoms. The molecule has 0 spiro atoms. The normalized spacial score (nSPS) is 11.2. The number of hydrogen-bond donors (Lipinski definition) is 2.